The van der Waals surface area contributed by atoms with Crippen molar-refractivity contribution >= 4 is 0 Å². The molecule has 0 amide bonds. The quantitative estimate of drug-likeness (QED) is 0.851. The number of hydrogen-bond donors (Lipinski definition) is 1. The summed E-state index contributed by atoms with van der Waals surface area (Å²) >= 11 is 0. The molecule has 4 rings (SSSR count). The van der Waals surface area contributed by atoms with Gasteiger partial charge in [0.15, 0.2) is 11.5 Å². The van der Waals surface area contributed by atoms with Gasteiger partial charge in [-0.25, -0.2) is 0 Å². The van der Waals surface area contributed by atoms with E-state index >= 15 is 0 Å². The van der Waals surface area contributed by atoms with Gasteiger partial charge in [-0.15, -0.1) is 0 Å². The highest BCUT2D eigenvalue weighted by molar-refractivity contribution is 5.47. The minimum absolute atomic E-state index is 0.263. The first kappa shape index (κ1) is 16.5. The lowest BCUT2D eigenvalue weighted by molar-refractivity contribution is 0.291. The van der Waals surface area contributed by atoms with E-state index in [1.165, 1.54) is 25.7 Å². The van der Waals surface area contributed by atoms with Crippen molar-refractivity contribution in [3.8, 4) is 11.5 Å². The summed E-state index contributed by atoms with van der Waals surface area (Å²) in [6.45, 7) is 4.21. The monoisotopic (exact) mass is 341 g/mol. The predicted octanol–water partition coefficient (Wildman–Crippen LogP) is 4.77. The number of nitrogens with one attached hydrogen (secondary N) is 1. The van der Waals surface area contributed by atoms with E-state index in [1.54, 1.807) is 0 Å². The summed E-state index contributed by atoms with van der Waals surface area (Å²) in [5, 5.41) is 3.75. The average Bonchev–Trinajstić information content (AvgIpc) is 3.23. The third-order valence-electron chi connectivity index (χ3n) is 5.30. The number of benzene rings is 1. The largest absolute Gasteiger partial charge is 0.490 e. The van der Waals surface area contributed by atoms with E-state index in [2.05, 4.69) is 23.5 Å². The molecule has 1 aromatic carbocycles. The topological polar surface area (TPSA) is 43.6 Å². The second kappa shape index (κ2) is 7.52. The summed E-state index contributed by atoms with van der Waals surface area (Å²) < 4.78 is 17.7. The van der Waals surface area contributed by atoms with Crippen LogP contribution in [0, 0.1) is 12.8 Å². The zero-order valence-corrected chi connectivity index (χ0v) is 14.9. The normalized spacial score (nSPS) is 18.9. The lowest BCUT2D eigenvalue weighted by Gasteiger charge is -2.24. The van der Waals surface area contributed by atoms with Crippen molar-refractivity contribution in [1.29, 1.82) is 0 Å². The van der Waals surface area contributed by atoms with Crippen molar-refractivity contribution in [2.45, 2.75) is 51.6 Å². The molecule has 0 bridgehead atoms. The van der Waals surface area contributed by atoms with Crippen molar-refractivity contribution in [1.82, 2.24) is 5.32 Å². The Morgan fingerprint density at radius 2 is 1.88 bits per heavy atom. The maximum atomic E-state index is 5.96. The average molecular weight is 341 g/mol. The number of furan rings is 1. The van der Waals surface area contributed by atoms with E-state index in [0.717, 1.165) is 48.2 Å². The zero-order chi connectivity index (χ0) is 17.1. The van der Waals surface area contributed by atoms with Gasteiger partial charge in [0.2, 0.25) is 0 Å². The van der Waals surface area contributed by atoms with E-state index in [4.69, 9.17) is 13.9 Å². The van der Waals surface area contributed by atoms with Crippen LogP contribution < -0.4 is 14.8 Å². The second-order valence-electron chi connectivity index (χ2n) is 7.15. The van der Waals surface area contributed by atoms with Gasteiger partial charge in [0.1, 0.15) is 11.5 Å². The Morgan fingerprint density at radius 3 is 2.68 bits per heavy atom. The standard InChI is InChI=1S/C21H27NO3/c1-15-10-11-18(25-15)20(16-6-2-3-7-16)22-14-17-8-4-9-19-21(17)24-13-5-12-23-19/h4,8-11,16,20,22H,2-3,5-7,12-14H2,1H3/t20-/m1/s1. The van der Waals surface area contributed by atoms with Crippen LogP contribution in [0.1, 0.15) is 55.2 Å². The van der Waals surface area contributed by atoms with Gasteiger partial charge in [0.25, 0.3) is 0 Å². The van der Waals surface area contributed by atoms with Crippen molar-refractivity contribution < 1.29 is 13.9 Å². The van der Waals surface area contributed by atoms with Crippen molar-refractivity contribution in [2.75, 3.05) is 13.2 Å². The number of rotatable bonds is 5. The van der Waals surface area contributed by atoms with Gasteiger partial charge in [-0.2, -0.15) is 0 Å². The lowest BCUT2D eigenvalue weighted by atomic mass is 9.95. The number of hydrogen-bond acceptors (Lipinski definition) is 4. The Morgan fingerprint density at radius 1 is 1.04 bits per heavy atom. The first-order valence-corrected chi connectivity index (χ1v) is 9.48. The van der Waals surface area contributed by atoms with E-state index < -0.39 is 0 Å². The maximum Gasteiger partial charge on any atom is 0.165 e. The molecular formula is C21H27NO3. The predicted molar refractivity (Wildman–Crippen MR) is 97.0 cm³/mol. The van der Waals surface area contributed by atoms with E-state index in [1.807, 2.05) is 19.1 Å². The van der Waals surface area contributed by atoms with Crippen LogP contribution in [0.3, 0.4) is 0 Å². The molecule has 4 heteroatoms. The van der Waals surface area contributed by atoms with Crippen LogP contribution in [-0.2, 0) is 6.54 Å². The minimum atomic E-state index is 0.263. The SMILES string of the molecule is Cc1ccc([C@H](NCc2cccc3c2OCCCO3)C2CCCC2)o1. The minimum Gasteiger partial charge on any atom is -0.490 e. The first-order chi connectivity index (χ1) is 12.3. The summed E-state index contributed by atoms with van der Waals surface area (Å²) in [5.41, 5.74) is 1.16. The molecule has 134 valence electrons. The highest BCUT2D eigenvalue weighted by Crippen LogP contribution is 2.38. The van der Waals surface area contributed by atoms with Crippen molar-refractivity contribution in [2.24, 2.45) is 5.92 Å². The second-order valence-corrected chi connectivity index (χ2v) is 7.15. The zero-order valence-electron chi connectivity index (χ0n) is 14.9. The number of aryl methyl sites for hydroxylation is 1. The van der Waals surface area contributed by atoms with E-state index in [0.29, 0.717) is 12.5 Å². The smallest absolute Gasteiger partial charge is 0.165 e. The highest BCUT2D eigenvalue weighted by atomic mass is 16.5. The Balaban J connectivity index is 1.53. The van der Waals surface area contributed by atoms with Gasteiger partial charge < -0.3 is 19.2 Å². The number of ether oxygens (including phenoxy) is 2. The fourth-order valence-electron chi connectivity index (χ4n) is 4.02. The number of fused-ring (bicyclic) bond motifs is 1. The summed E-state index contributed by atoms with van der Waals surface area (Å²) in [5.74, 6) is 4.44. The lowest BCUT2D eigenvalue weighted by Crippen LogP contribution is -2.26. The molecule has 1 N–H and O–H groups in total. The van der Waals surface area contributed by atoms with Gasteiger partial charge >= 0.3 is 0 Å². The molecule has 0 unspecified atom stereocenters. The molecule has 1 fully saturated rings. The molecule has 1 atom stereocenters. The molecule has 0 radical (unpaired) electrons. The van der Waals surface area contributed by atoms with Gasteiger partial charge in [0, 0.05) is 18.5 Å². The molecule has 0 saturated heterocycles. The van der Waals surface area contributed by atoms with Crippen LogP contribution in [0.4, 0.5) is 0 Å². The molecule has 1 aliphatic carbocycles. The molecule has 2 aliphatic rings. The molecule has 1 aliphatic heterocycles. The van der Waals surface area contributed by atoms with Crippen molar-refractivity contribution in [3.63, 3.8) is 0 Å². The van der Waals surface area contributed by atoms with Crippen LogP contribution in [0.2, 0.25) is 0 Å². The fourth-order valence-corrected chi connectivity index (χ4v) is 4.02. The molecule has 2 heterocycles. The third kappa shape index (κ3) is 3.69. The van der Waals surface area contributed by atoms with Gasteiger partial charge in [-0.1, -0.05) is 25.0 Å². The van der Waals surface area contributed by atoms with E-state index in [-0.39, 0.29) is 6.04 Å². The molecule has 25 heavy (non-hydrogen) atoms. The van der Waals surface area contributed by atoms with E-state index in [9.17, 15) is 0 Å². The van der Waals surface area contributed by atoms with Crippen molar-refractivity contribution in [3.05, 3.63) is 47.4 Å². The van der Waals surface area contributed by atoms with Gasteiger partial charge in [0.05, 0.1) is 19.3 Å². The van der Waals surface area contributed by atoms with Gasteiger partial charge in [-0.05, 0) is 43.9 Å². The molecular weight excluding hydrogens is 314 g/mol. The first-order valence-electron chi connectivity index (χ1n) is 9.48. The van der Waals surface area contributed by atoms with Crippen LogP contribution in [-0.4, -0.2) is 13.2 Å². The Kier molecular flexibility index (Phi) is 4.97. The maximum absolute atomic E-state index is 5.96. The summed E-state index contributed by atoms with van der Waals surface area (Å²) in [6, 6.07) is 10.6. The van der Waals surface area contributed by atoms with Gasteiger partial charge in [-0.3, -0.25) is 0 Å². The summed E-state index contributed by atoms with van der Waals surface area (Å²) in [4.78, 5) is 0. The molecule has 0 spiro atoms. The Labute approximate surface area is 149 Å². The number of para-hydroxylation sites is 1. The van der Waals surface area contributed by atoms with Crippen LogP contribution in [0.25, 0.3) is 0 Å². The molecule has 2 aromatic rings. The Bertz CT molecular complexity index is 703. The molecule has 4 nitrogen and oxygen atoms in total. The fraction of sp³-hybridized carbons (Fsp3) is 0.524. The molecule has 1 saturated carbocycles. The summed E-state index contributed by atoms with van der Waals surface area (Å²) in [7, 11) is 0. The highest BCUT2D eigenvalue weighted by Gasteiger charge is 2.28. The Hall–Kier alpha value is -1.94. The third-order valence-corrected chi connectivity index (χ3v) is 5.30. The molecule has 1 aromatic heterocycles. The van der Waals surface area contributed by atoms with Crippen LogP contribution in [0.5, 0.6) is 11.5 Å². The van der Waals surface area contributed by atoms with Crippen LogP contribution in [0.15, 0.2) is 34.7 Å². The van der Waals surface area contributed by atoms with Crippen LogP contribution >= 0.6 is 0 Å². The summed E-state index contributed by atoms with van der Waals surface area (Å²) in [6.07, 6.45) is 6.10.